The molecule has 0 bridgehead atoms. The fourth-order valence-electron chi connectivity index (χ4n) is 2.80. The van der Waals surface area contributed by atoms with E-state index in [0.717, 1.165) is 11.1 Å². The monoisotopic (exact) mass is 333 g/mol. The SMILES string of the molecule is O=C(O)c1cnn2c(-c3cccc(-c4ccccc4F)c3)ccnc12. The van der Waals surface area contributed by atoms with Gasteiger partial charge in [-0.25, -0.2) is 18.7 Å². The molecule has 0 unspecified atom stereocenters. The van der Waals surface area contributed by atoms with E-state index in [1.54, 1.807) is 24.3 Å². The molecule has 0 saturated carbocycles. The van der Waals surface area contributed by atoms with Gasteiger partial charge in [0, 0.05) is 17.3 Å². The van der Waals surface area contributed by atoms with E-state index in [1.807, 2.05) is 24.3 Å². The average molecular weight is 333 g/mol. The van der Waals surface area contributed by atoms with Crippen molar-refractivity contribution in [2.45, 2.75) is 0 Å². The summed E-state index contributed by atoms with van der Waals surface area (Å²) in [7, 11) is 0. The van der Waals surface area contributed by atoms with E-state index in [0.29, 0.717) is 11.3 Å². The van der Waals surface area contributed by atoms with Gasteiger partial charge < -0.3 is 5.11 Å². The van der Waals surface area contributed by atoms with E-state index >= 15 is 0 Å². The summed E-state index contributed by atoms with van der Waals surface area (Å²) < 4.78 is 15.5. The largest absolute Gasteiger partial charge is 0.477 e. The molecule has 2 aromatic carbocycles. The first-order chi connectivity index (χ1) is 12.1. The van der Waals surface area contributed by atoms with E-state index in [1.165, 1.54) is 23.0 Å². The zero-order valence-corrected chi connectivity index (χ0v) is 12.9. The van der Waals surface area contributed by atoms with Gasteiger partial charge in [0.15, 0.2) is 5.65 Å². The number of fused-ring (bicyclic) bond motifs is 1. The molecule has 0 aliphatic carbocycles. The second kappa shape index (κ2) is 5.83. The maximum absolute atomic E-state index is 14.1. The van der Waals surface area contributed by atoms with Gasteiger partial charge in [0.05, 0.1) is 11.9 Å². The summed E-state index contributed by atoms with van der Waals surface area (Å²) in [6.07, 6.45) is 2.81. The molecule has 5 nitrogen and oxygen atoms in total. The van der Waals surface area contributed by atoms with Gasteiger partial charge in [-0.1, -0.05) is 36.4 Å². The summed E-state index contributed by atoms with van der Waals surface area (Å²) >= 11 is 0. The summed E-state index contributed by atoms with van der Waals surface area (Å²) in [6, 6.07) is 15.7. The van der Waals surface area contributed by atoms with Crippen LogP contribution in [0.5, 0.6) is 0 Å². The lowest BCUT2D eigenvalue weighted by Gasteiger charge is -2.08. The van der Waals surface area contributed by atoms with Crippen LogP contribution in [0.2, 0.25) is 0 Å². The quantitative estimate of drug-likeness (QED) is 0.617. The zero-order chi connectivity index (χ0) is 17.4. The number of aromatic carboxylic acids is 1. The Morgan fingerprint density at radius 1 is 1.04 bits per heavy atom. The molecule has 0 saturated heterocycles. The molecule has 6 heteroatoms. The molecule has 0 aliphatic rings. The molecule has 0 atom stereocenters. The minimum Gasteiger partial charge on any atom is -0.477 e. The summed E-state index contributed by atoms with van der Waals surface area (Å²) in [5.74, 6) is -1.38. The van der Waals surface area contributed by atoms with Gasteiger partial charge >= 0.3 is 5.97 Å². The summed E-state index contributed by atoms with van der Waals surface area (Å²) in [5, 5.41) is 13.4. The topological polar surface area (TPSA) is 67.5 Å². The molecule has 0 radical (unpaired) electrons. The number of aromatic nitrogens is 3. The second-order valence-corrected chi connectivity index (χ2v) is 5.49. The highest BCUT2D eigenvalue weighted by atomic mass is 19.1. The Bertz CT molecular complexity index is 1100. The number of carboxylic acids is 1. The number of rotatable bonds is 3. The summed E-state index contributed by atoms with van der Waals surface area (Å²) in [6.45, 7) is 0. The number of hydrogen-bond acceptors (Lipinski definition) is 3. The second-order valence-electron chi connectivity index (χ2n) is 5.49. The number of halogens is 1. The van der Waals surface area contributed by atoms with Crippen molar-refractivity contribution in [2.24, 2.45) is 0 Å². The third-order valence-corrected chi connectivity index (χ3v) is 3.97. The van der Waals surface area contributed by atoms with Gasteiger partial charge in [0.1, 0.15) is 11.4 Å². The third-order valence-electron chi connectivity index (χ3n) is 3.97. The lowest BCUT2D eigenvalue weighted by atomic mass is 10.0. The fourth-order valence-corrected chi connectivity index (χ4v) is 2.80. The van der Waals surface area contributed by atoms with E-state index in [-0.39, 0.29) is 17.0 Å². The van der Waals surface area contributed by atoms with Crippen LogP contribution in [0.15, 0.2) is 67.0 Å². The van der Waals surface area contributed by atoms with Crippen molar-refractivity contribution in [1.82, 2.24) is 14.6 Å². The van der Waals surface area contributed by atoms with E-state index in [9.17, 15) is 14.3 Å². The Hall–Kier alpha value is -3.54. The number of hydrogen-bond donors (Lipinski definition) is 1. The van der Waals surface area contributed by atoms with E-state index < -0.39 is 5.97 Å². The predicted molar refractivity (Wildman–Crippen MR) is 90.8 cm³/mol. The molecule has 2 aromatic heterocycles. The van der Waals surface area contributed by atoms with Crippen molar-refractivity contribution in [3.05, 3.63) is 78.4 Å². The predicted octanol–water partition coefficient (Wildman–Crippen LogP) is 3.90. The first-order valence-electron chi connectivity index (χ1n) is 7.56. The van der Waals surface area contributed by atoms with Crippen molar-refractivity contribution >= 4 is 11.6 Å². The van der Waals surface area contributed by atoms with Crippen LogP contribution in [0.3, 0.4) is 0 Å². The number of carboxylic acid groups (broad SMARTS) is 1. The van der Waals surface area contributed by atoms with Crippen LogP contribution < -0.4 is 0 Å². The molecule has 4 rings (SSSR count). The number of carbonyl (C=O) groups is 1. The molecule has 4 aromatic rings. The van der Waals surface area contributed by atoms with Gasteiger partial charge in [-0.2, -0.15) is 5.10 Å². The molecule has 0 fully saturated rings. The maximum atomic E-state index is 14.1. The zero-order valence-electron chi connectivity index (χ0n) is 12.9. The normalized spacial score (nSPS) is 10.9. The van der Waals surface area contributed by atoms with Gasteiger partial charge in [-0.05, 0) is 23.8 Å². The standard InChI is InChI=1S/C19H12FN3O2/c20-16-7-2-1-6-14(16)12-4-3-5-13(10-12)17-8-9-21-18-15(19(24)25)11-22-23(17)18/h1-11H,(H,24,25). The van der Waals surface area contributed by atoms with Crippen molar-refractivity contribution in [3.63, 3.8) is 0 Å². The average Bonchev–Trinajstić information content (AvgIpc) is 3.06. The van der Waals surface area contributed by atoms with Crippen LogP contribution in [-0.4, -0.2) is 25.7 Å². The van der Waals surface area contributed by atoms with Gasteiger partial charge in [0.2, 0.25) is 0 Å². The van der Waals surface area contributed by atoms with E-state index in [2.05, 4.69) is 10.1 Å². The highest BCUT2D eigenvalue weighted by molar-refractivity contribution is 5.94. The van der Waals surface area contributed by atoms with Crippen molar-refractivity contribution in [2.75, 3.05) is 0 Å². The molecule has 0 amide bonds. The Morgan fingerprint density at radius 2 is 1.84 bits per heavy atom. The Labute approximate surface area is 142 Å². The highest BCUT2D eigenvalue weighted by Crippen LogP contribution is 2.28. The maximum Gasteiger partial charge on any atom is 0.341 e. The van der Waals surface area contributed by atoms with E-state index in [4.69, 9.17) is 0 Å². The van der Waals surface area contributed by atoms with Gasteiger partial charge in [0.25, 0.3) is 0 Å². The van der Waals surface area contributed by atoms with Crippen LogP contribution in [0.1, 0.15) is 10.4 Å². The molecule has 1 N–H and O–H groups in total. The smallest absolute Gasteiger partial charge is 0.341 e. The molecule has 25 heavy (non-hydrogen) atoms. The highest BCUT2D eigenvalue weighted by Gasteiger charge is 2.15. The first kappa shape index (κ1) is 15.0. The van der Waals surface area contributed by atoms with Crippen LogP contribution in [0, 0.1) is 5.82 Å². The fraction of sp³-hybridized carbons (Fsp3) is 0. The minimum absolute atomic E-state index is 0.0344. The van der Waals surface area contributed by atoms with Crippen LogP contribution >= 0.6 is 0 Å². The van der Waals surface area contributed by atoms with Crippen LogP contribution in [-0.2, 0) is 0 Å². The number of benzene rings is 2. The Kier molecular flexibility index (Phi) is 3.50. The molecule has 0 spiro atoms. The van der Waals surface area contributed by atoms with Gasteiger partial charge in [-0.15, -0.1) is 0 Å². The third kappa shape index (κ3) is 2.53. The molecule has 2 heterocycles. The Morgan fingerprint density at radius 3 is 2.64 bits per heavy atom. The van der Waals surface area contributed by atoms with Crippen LogP contribution in [0.4, 0.5) is 4.39 Å². The molecule has 0 aliphatic heterocycles. The lowest BCUT2D eigenvalue weighted by molar-refractivity contribution is 0.0698. The Balaban J connectivity index is 1.89. The number of nitrogens with zero attached hydrogens (tertiary/aromatic N) is 3. The lowest BCUT2D eigenvalue weighted by Crippen LogP contribution is -1.99. The minimum atomic E-state index is -1.08. The first-order valence-corrected chi connectivity index (χ1v) is 7.56. The van der Waals surface area contributed by atoms with Crippen molar-refractivity contribution in [3.8, 4) is 22.4 Å². The molecule has 122 valence electrons. The molecular weight excluding hydrogens is 321 g/mol. The summed E-state index contributed by atoms with van der Waals surface area (Å²) in [4.78, 5) is 15.4. The van der Waals surface area contributed by atoms with Crippen LogP contribution in [0.25, 0.3) is 28.0 Å². The summed E-state index contributed by atoms with van der Waals surface area (Å²) in [5.41, 5.74) is 2.99. The molecular formula is C19H12FN3O2. The van der Waals surface area contributed by atoms with Gasteiger partial charge in [-0.3, -0.25) is 0 Å². The van der Waals surface area contributed by atoms with Crippen molar-refractivity contribution < 1.29 is 14.3 Å². The van der Waals surface area contributed by atoms with Crippen molar-refractivity contribution in [1.29, 1.82) is 0 Å².